The van der Waals surface area contributed by atoms with Crippen molar-refractivity contribution in [2.45, 2.75) is 0 Å². The average molecular weight is 487 g/mol. The van der Waals surface area contributed by atoms with E-state index in [9.17, 15) is 0 Å². The van der Waals surface area contributed by atoms with Crippen molar-refractivity contribution >= 4 is 21.8 Å². The first-order valence-corrected chi connectivity index (χ1v) is 12.6. The zero-order valence-electron chi connectivity index (χ0n) is 20.5. The summed E-state index contributed by atoms with van der Waals surface area (Å²) >= 11 is 0. The third kappa shape index (κ3) is 3.98. The van der Waals surface area contributed by atoms with Gasteiger partial charge in [0.25, 0.3) is 0 Å². The maximum absolute atomic E-state index is 5.07. The average Bonchev–Trinajstić information content (AvgIpc) is 3.01. The molecule has 0 fully saturated rings. The molecule has 4 heteroatoms. The van der Waals surface area contributed by atoms with E-state index < -0.39 is 0 Å². The summed E-state index contributed by atoms with van der Waals surface area (Å²) in [5.74, 6) is 0.605. The topological polar surface area (TPSA) is 51.6 Å². The summed E-state index contributed by atoms with van der Waals surface area (Å²) in [5, 5.41) is 2.09. The van der Waals surface area contributed by atoms with Crippen LogP contribution in [0.2, 0.25) is 0 Å². The van der Waals surface area contributed by atoms with E-state index in [0.717, 1.165) is 38.8 Å². The Morgan fingerprint density at radius 1 is 0.368 bits per heavy atom. The lowest BCUT2D eigenvalue weighted by atomic mass is 9.94. The van der Waals surface area contributed by atoms with Gasteiger partial charge in [-0.1, -0.05) is 103 Å². The van der Waals surface area contributed by atoms with Crippen LogP contribution in [0.5, 0.6) is 0 Å². The molecule has 38 heavy (non-hydrogen) atoms. The second kappa shape index (κ2) is 9.34. The molecule has 0 bridgehead atoms. The Balaban J connectivity index is 1.30. The molecule has 4 aromatic carbocycles. The van der Waals surface area contributed by atoms with Gasteiger partial charge in [-0.3, -0.25) is 0 Å². The van der Waals surface area contributed by atoms with Gasteiger partial charge in [0.05, 0.1) is 16.7 Å². The van der Waals surface area contributed by atoms with E-state index in [1.165, 1.54) is 22.3 Å². The third-order valence-corrected chi connectivity index (χ3v) is 6.82. The fourth-order valence-electron chi connectivity index (χ4n) is 4.91. The number of pyridine rings is 2. The quantitative estimate of drug-likeness (QED) is 0.235. The number of aromatic nitrogens is 4. The molecule has 0 atom stereocenters. The summed E-state index contributed by atoms with van der Waals surface area (Å²) < 4.78 is 0. The molecule has 0 amide bonds. The smallest absolute Gasteiger partial charge is 0.178 e. The van der Waals surface area contributed by atoms with E-state index in [1.54, 1.807) is 18.5 Å². The number of hydrogen-bond donors (Lipinski definition) is 0. The highest BCUT2D eigenvalue weighted by Crippen LogP contribution is 2.33. The SMILES string of the molecule is c1ccc(-c2ccccc2-c2ccc(-c3ccc4ccc5ccc(-c6ncccn6)nc5c4n3)cc2)cc1. The van der Waals surface area contributed by atoms with Crippen molar-refractivity contribution in [2.24, 2.45) is 0 Å². The van der Waals surface area contributed by atoms with E-state index in [0.29, 0.717) is 5.82 Å². The van der Waals surface area contributed by atoms with Crippen LogP contribution in [0.3, 0.4) is 0 Å². The number of nitrogens with zero attached hydrogens (tertiary/aromatic N) is 4. The predicted molar refractivity (Wildman–Crippen MR) is 154 cm³/mol. The van der Waals surface area contributed by atoms with Crippen molar-refractivity contribution in [3.63, 3.8) is 0 Å². The number of fused-ring (bicyclic) bond motifs is 3. The molecule has 0 aliphatic rings. The van der Waals surface area contributed by atoms with Crippen molar-refractivity contribution in [2.75, 3.05) is 0 Å². The van der Waals surface area contributed by atoms with Crippen LogP contribution >= 0.6 is 0 Å². The first-order chi connectivity index (χ1) is 18.8. The molecule has 178 valence electrons. The fraction of sp³-hybridized carbons (Fsp3) is 0. The van der Waals surface area contributed by atoms with Gasteiger partial charge in [-0.25, -0.2) is 19.9 Å². The zero-order chi connectivity index (χ0) is 25.3. The van der Waals surface area contributed by atoms with Crippen LogP contribution < -0.4 is 0 Å². The van der Waals surface area contributed by atoms with Gasteiger partial charge in [-0.05, 0) is 40.5 Å². The lowest BCUT2D eigenvalue weighted by molar-refractivity contribution is 1.15. The second-order valence-electron chi connectivity index (χ2n) is 9.16. The highest BCUT2D eigenvalue weighted by molar-refractivity contribution is 6.04. The van der Waals surface area contributed by atoms with Crippen LogP contribution in [-0.2, 0) is 0 Å². The minimum Gasteiger partial charge on any atom is -0.245 e. The van der Waals surface area contributed by atoms with Crippen LogP contribution in [0.1, 0.15) is 0 Å². The first kappa shape index (κ1) is 22.0. The summed E-state index contributed by atoms with van der Waals surface area (Å²) in [4.78, 5) is 18.7. The monoisotopic (exact) mass is 486 g/mol. The van der Waals surface area contributed by atoms with E-state index in [4.69, 9.17) is 9.97 Å². The first-order valence-electron chi connectivity index (χ1n) is 12.6. The van der Waals surface area contributed by atoms with E-state index in [-0.39, 0.29) is 0 Å². The van der Waals surface area contributed by atoms with Gasteiger partial charge in [-0.15, -0.1) is 0 Å². The van der Waals surface area contributed by atoms with Crippen LogP contribution in [0.25, 0.3) is 66.8 Å². The molecule has 0 aliphatic carbocycles. The molecule has 0 saturated carbocycles. The summed E-state index contributed by atoms with van der Waals surface area (Å²) in [5.41, 5.74) is 9.25. The minimum atomic E-state index is 0.605. The zero-order valence-corrected chi connectivity index (χ0v) is 20.5. The largest absolute Gasteiger partial charge is 0.245 e. The van der Waals surface area contributed by atoms with Crippen molar-refractivity contribution in [1.82, 2.24) is 19.9 Å². The molecule has 0 N–H and O–H groups in total. The minimum absolute atomic E-state index is 0.605. The Bertz CT molecular complexity index is 1900. The second-order valence-corrected chi connectivity index (χ2v) is 9.16. The van der Waals surface area contributed by atoms with Crippen LogP contribution in [0.4, 0.5) is 0 Å². The Labute approximate surface area is 220 Å². The summed E-state index contributed by atoms with van der Waals surface area (Å²) in [6.45, 7) is 0. The third-order valence-electron chi connectivity index (χ3n) is 6.82. The molecule has 0 aliphatic heterocycles. The van der Waals surface area contributed by atoms with Gasteiger partial charge >= 0.3 is 0 Å². The summed E-state index contributed by atoms with van der Waals surface area (Å²) in [7, 11) is 0. The number of benzene rings is 4. The molecular formula is C34H22N4. The number of rotatable bonds is 4. The summed E-state index contributed by atoms with van der Waals surface area (Å²) in [6, 6.07) is 41.9. The lowest BCUT2D eigenvalue weighted by Gasteiger charge is -2.11. The molecule has 4 nitrogen and oxygen atoms in total. The number of hydrogen-bond acceptors (Lipinski definition) is 4. The van der Waals surface area contributed by atoms with E-state index >= 15 is 0 Å². The lowest BCUT2D eigenvalue weighted by Crippen LogP contribution is -1.93. The van der Waals surface area contributed by atoms with Gasteiger partial charge in [0, 0.05) is 28.7 Å². The van der Waals surface area contributed by atoms with Crippen LogP contribution in [0, 0.1) is 0 Å². The maximum Gasteiger partial charge on any atom is 0.178 e. The molecule has 0 spiro atoms. The van der Waals surface area contributed by atoms with Gasteiger partial charge in [-0.2, -0.15) is 0 Å². The molecule has 0 radical (unpaired) electrons. The van der Waals surface area contributed by atoms with Crippen LogP contribution in [-0.4, -0.2) is 19.9 Å². The highest BCUT2D eigenvalue weighted by atomic mass is 14.9. The normalized spacial score (nSPS) is 11.2. The van der Waals surface area contributed by atoms with Crippen molar-refractivity contribution in [1.29, 1.82) is 0 Å². The van der Waals surface area contributed by atoms with Gasteiger partial charge in [0.15, 0.2) is 5.82 Å². The molecule has 3 aromatic heterocycles. The van der Waals surface area contributed by atoms with Crippen molar-refractivity contribution in [3.05, 3.63) is 134 Å². The summed E-state index contributed by atoms with van der Waals surface area (Å²) in [6.07, 6.45) is 3.46. The van der Waals surface area contributed by atoms with Crippen molar-refractivity contribution < 1.29 is 0 Å². The highest BCUT2D eigenvalue weighted by Gasteiger charge is 2.11. The Kier molecular flexibility index (Phi) is 5.41. The van der Waals surface area contributed by atoms with Crippen molar-refractivity contribution in [3.8, 4) is 45.0 Å². The Hall–Kier alpha value is -5.22. The molecule has 7 rings (SSSR count). The Morgan fingerprint density at radius 2 is 0.868 bits per heavy atom. The van der Waals surface area contributed by atoms with Gasteiger partial charge in [0.2, 0.25) is 0 Å². The molecule has 7 aromatic rings. The maximum atomic E-state index is 5.07. The molecular weight excluding hydrogens is 464 g/mol. The van der Waals surface area contributed by atoms with Crippen LogP contribution in [0.15, 0.2) is 134 Å². The Morgan fingerprint density at radius 3 is 1.53 bits per heavy atom. The van der Waals surface area contributed by atoms with E-state index in [1.807, 2.05) is 12.1 Å². The molecule has 0 unspecified atom stereocenters. The standard InChI is InChI=1S/C34H22N4/c1-2-7-23(8-3-1)28-9-4-5-10-29(28)24-11-13-25(14-12-24)30-19-17-26-15-16-27-18-20-31(34-35-21-6-22-36-34)38-33(27)32(26)37-30/h1-22H. The fourth-order valence-corrected chi connectivity index (χ4v) is 4.91. The predicted octanol–water partition coefficient (Wildman–Crippen LogP) is 8.24. The molecule has 0 saturated heterocycles. The van der Waals surface area contributed by atoms with E-state index in [2.05, 4.69) is 113 Å². The van der Waals surface area contributed by atoms with Gasteiger partial charge in [0.1, 0.15) is 5.69 Å². The molecule has 3 heterocycles. The van der Waals surface area contributed by atoms with Gasteiger partial charge < -0.3 is 0 Å².